The Kier molecular flexibility index (Phi) is 21.2. The molecule has 8 heteroatoms. The minimum absolute atomic E-state index is 0.0696. The summed E-state index contributed by atoms with van der Waals surface area (Å²) in [5.74, 6) is 7.23. The van der Waals surface area contributed by atoms with Gasteiger partial charge in [-0.15, -0.1) is 0 Å². The number of aromatic amines is 4. The van der Waals surface area contributed by atoms with Crippen LogP contribution in [-0.2, 0) is 47.3 Å². The molecule has 6 aromatic heterocycles. The highest BCUT2D eigenvalue weighted by molar-refractivity contribution is 6.06. The first-order valence-corrected chi connectivity index (χ1v) is 42.4. The molecule has 114 heavy (non-hydrogen) atoms. The molecule has 0 amide bonds. The van der Waals surface area contributed by atoms with Gasteiger partial charge in [-0.05, 0) is 311 Å². The number of allylic oxidation sites excluding steroid dienone is 8. The lowest BCUT2D eigenvalue weighted by atomic mass is 9.78. The maximum atomic E-state index is 5.83. The van der Waals surface area contributed by atoms with E-state index in [1.54, 1.807) is 0 Å². The number of hydrogen-bond donors (Lipinski definition) is 4. The summed E-state index contributed by atoms with van der Waals surface area (Å²) in [5.41, 5.74) is 52.6. The number of aryl methyl sites for hydroxylation is 8. The van der Waals surface area contributed by atoms with Crippen molar-refractivity contribution in [1.29, 1.82) is 0 Å². The molecule has 0 aliphatic carbocycles. The van der Waals surface area contributed by atoms with Gasteiger partial charge in [0, 0.05) is 55.4 Å². The summed E-state index contributed by atoms with van der Waals surface area (Å²) in [7, 11) is 0. The zero-order chi connectivity index (χ0) is 82.0. The third kappa shape index (κ3) is 14.1. The van der Waals surface area contributed by atoms with Crippen LogP contribution in [0.1, 0.15) is 315 Å². The monoisotopic (exact) mass is 1510 g/mol. The van der Waals surface area contributed by atoms with Crippen LogP contribution in [0, 0.1) is 39.5 Å². The number of H-pyrrole nitrogens is 4. The van der Waals surface area contributed by atoms with Crippen molar-refractivity contribution in [3.63, 3.8) is 0 Å². The number of fused-ring (bicyclic) bond motifs is 16. The smallest absolute Gasteiger partial charge is 0.0769 e. The Balaban J connectivity index is 0.924. The van der Waals surface area contributed by atoms with Gasteiger partial charge in [-0.25, -0.2) is 19.9 Å². The molecular weight excluding hydrogens is 1390 g/mol. The van der Waals surface area contributed by atoms with E-state index in [-0.39, 0.29) is 21.7 Å². The van der Waals surface area contributed by atoms with Crippen LogP contribution < -0.4 is 0 Å². The van der Waals surface area contributed by atoms with Crippen molar-refractivity contribution in [2.75, 3.05) is 0 Å². The molecule has 0 spiro atoms. The number of nitrogens with zero attached hydrogens (tertiary/aromatic N) is 4. The van der Waals surface area contributed by atoms with Gasteiger partial charge in [0.1, 0.15) is 0 Å². The number of rotatable bonds is 12. The van der Waals surface area contributed by atoms with Gasteiger partial charge in [-0.3, -0.25) is 0 Å². The molecule has 586 valence electrons. The normalized spacial score (nSPS) is 13.7. The maximum Gasteiger partial charge on any atom is 0.0769 e. The Morgan fingerprint density at radius 1 is 0.263 bits per heavy atom. The van der Waals surface area contributed by atoms with Crippen LogP contribution in [0.5, 0.6) is 0 Å². The first-order chi connectivity index (χ1) is 54.0. The lowest BCUT2D eigenvalue weighted by molar-refractivity contribution is 0.568. The van der Waals surface area contributed by atoms with Crippen LogP contribution >= 0.6 is 0 Å². The van der Waals surface area contributed by atoms with Gasteiger partial charge >= 0.3 is 0 Å². The van der Waals surface area contributed by atoms with Gasteiger partial charge < -0.3 is 19.9 Å². The van der Waals surface area contributed by atoms with Crippen molar-refractivity contribution in [3.8, 4) is 56.3 Å². The summed E-state index contributed by atoms with van der Waals surface area (Å²) in [4.78, 5) is 39.7. The summed E-state index contributed by atoms with van der Waals surface area (Å²) in [6.07, 6.45) is 6.77. The van der Waals surface area contributed by atoms with Crippen molar-refractivity contribution in [3.05, 3.63) is 233 Å². The van der Waals surface area contributed by atoms with Gasteiger partial charge in [0.15, 0.2) is 0 Å². The van der Waals surface area contributed by atoms with Gasteiger partial charge in [0.25, 0.3) is 0 Å². The molecule has 4 N–H and O–H groups in total. The second-order valence-electron chi connectivity index (χ2n) is 36.8. The predicted molar refractivity (Wildman–Crippen MR) is 492 cm³/mol. The number of benzene rings is 4. The molecule has 10 heterocycles. The summed E-state index contributed by atoms with van der Waals surface area (Å²) in [6.45, 7) is 64.6. The SMILES string of the molecule is CCC1=C(C)c2nc1cc1[nH]c(c(C)c1CC)c(-c1cc(C(C)(C)C)cc(C(C)(C)C)c1)c1[nH]c(cc3nc(c2-c2ccc(C#Cc4ccc(-c5c6nc(cc7[nH]c(c(C)c7CC)c(-c7cc(C(C)(C)C)cc(C(C)(C)C)c7)c7nc(cc8[nH]c5c(C)c8CC)C(CC)=C7C)C(CC)=C6C)cc4)cc2)C(C)=C3CC)c(CC)c1C. The Hall–Kier alpha value is -10.4. The van der Waals surface area contributed by atoms with E-state index in [9.17, 15) is 0 Å². The molecule has 14 rings (SSSR count). The molecule has 0 saturated carbocycles. The molecule has 0 atom stereocenters. The van der Waals surface area contributed by atoms with Gasteiger partial charge in [0.2, 0.25) is 0 Å². The fraction of sp³-hybridized carbons (Fsp3) is 0.377. The third-order valence-corrected chi connectivity index (χ3v) is 25.6. The third-order valence-electron chi connectivity index (χ3n) is 25.6. The second kappa shape index (κ2) is 30.1. The minimum Gasteiger partial charge on any atom is -0.354 e. The maximum absolute atomic E-state index is 5.83. The molecule has 0 fully saturated rings. The number of hydrogen-bond acceptors (Lipinski definition) is 4. The average Bonchev–Trinajstić information content (AvgIpc) is 1.59. The van der Waals surface area contributed by atoms with Gasteiger partial charge in [-0.1, -0.05) is 211 Å². The number of nitrogens with one attached hydrogen (secondary N) is 4. The molecule has 0 radical (unpaired) electrons. The standard InChI is InChI=1S/C106H122N8/c1-29-75-57(9)95-91(96-58(10)76(30-2)84(108-96)54-88-80(34-6)62(14)100(112-88)93(99-61(13)79(33-5)87(111-99)53-83(75)107-95)69-47-71(103(17,18)19)51-72(48-69)104(20,21)22)67-43-39-65(40-44-67)37-38-66-41-45-68(46-42-66)92-97-59(11)77(31-3)85(109-97)55-89-81(35-7)63(15)101(113-89)94(70-49-73(105(23,24)25)52-74(50-70)106(26,27)28)102-64(16)82(36-8)90(114-102)56-86-78(32-4)60(12)98(92)110-86/h39-56,107,112-114H,29-36H2,1-28H3. The fourth-order valence-electron chi connectivity index (χ4n) is 18.6. The second-order valence-corrected chi connectivity index (χ2v) is 36.8. The van der Waals surface area contributed by atoms with Crippen molar-refractivity contribution < 1.29 is 0 Å². The van der Waals surface area contributed by atoms with E-state index in [0.29, 0.717) is 0 Å². The number of aromatic nitrogens is 8. The topological polar surface area (TPSA) is 115 Å². The molecule has 0 unspecified atom stereocenters. The molecule has 8 nitrogen and oxygen atoms in total. The highest BCUT2D eigenvalue weighted by Gasteiger charge is 2.32. The summed E-state index contributed by atoms with van der Waals surface area (Å²) < 4.78 is 0. The van der Waals surface area contributed by atoms with Crippen molar-refractivity contribution in [2.45, 2.75) is 267 Å². The Morgan fingerprint density at radius 3 is 0.737 bits per heavy atom. The van der Waals surface area contributed by atoms with Crippen molar-refractivity contribution >= 4 is 88.7 Å². The Bertz CT molecular complexity index is 6030. The van der Waals surface area contributed by atoms with E-state index in [1.807, 2.05) is 0 Å². The van der Waals surface area contributed by atoms with Gasteiger partial charge in [-0.2, -0.15) is 0 Å². The van der Waals surface area contributed by atoms with Crippen LogP contribution in [0.15, 0.2) is 109 Å². The lowest BCUT2D eigenvalue weighted by Gasteiger charge is -2.26. The first-order valence-electron chi connectivity index (χ1n) is 42.4. The van der Waals surface area contributed by atoms with Crippen LogP contribution in [0.4, 0.5) is 0 Å². The van der Waals surface area contributed by atoms with E-state index in [0.717, 1.165) is 180 Å². The van der Waals surface area contributed by atoms with E-state index in [2.05, 4.69) is 335 Å². The van der Waals surface area contributed by atoms with E-state index >= 15 is 0 Å². The zero-order valence-corrected chi connectivity index (χ0v) is 73.8. The minimum atomic E-state index is -0.0758. The van der Waals surface area contributed by atoms with Crippen LogP contribution in [0.3, 0.4) is 0 Å². The molecule has 4 aliphatic rings. The van der Waals surface area contributed by atoms with Crippen molar-refractivity contribution in [2.24, 2.45) is 0 Å². The fourth-order valence-corrected chi connectivity index (χ4v) is 18.6. The summed E-state index contributed by atoms with van der Waals surface area (Å²) >= 11 is 0. The molecule has 4 aromatic carbocycles. The lowest BCUT2D eigenvalue weighted by Crippen LogP contribution is -2.16. The molecule has 0 saturated heterocycles. The highest BCUT2D eigenvalue weighted by atomic mass is 14.8. The van der Waals surface area contributed by atoms with Crippen LogP contribution in [0.25, 0.3) is 133 Å². The highest BCUT2D eigenvalue weighted by Crippen LogP contribution is 2.49. The van der Waals surface area contributed by atoms with Crippen LogP contribution in [-0.4, -0.2) is 39.9 Å². The molecule has 10 aromatic rings. The largest absolute Gasteiger partial charge is 0.354 e. The summed E-state index contributed by atoms with van der Waals surface area (Å²) in [5, 5.41) is 0. The van der Waals surface area contributed by atoms with Crippen molar-refractivity contribution in [1.82, 2.24) is 39.9 Å². The van der Waals surface area contributed by atoms with Gasteiger partial charge in [0.05, 0.1) is 67.6 Å². The van der Waals surface area contributed by atoms with E-state index in [1.165, 1.54) is 128 Å². The zero-order valence-electron chi connectivity index (χ0n) is 73.8. The summed E-state index contributed by atoms with van der Waals surface area (Å²) in [6, 6.07) is 41.7. The molecular formula is C106H122N8. The average molecular weight is 1510 g/mol. The van der Waals surface area contributed by atoms with E-state index < -0.39 is 0 Å². The first kappa shape index (κ1) is 80.3. The Morgan fingerprint density at radius 2 is 0.491 bits per heavy atom. The van der Waals surface area contributed by atoms with E-state index in [4.69, 9.17) is 19.9 Å². The van der Waals surface area contributed by atoms with Crippen LogP contribution in [0.2, 0.25) is 0 Å². The quantitative estimate of drug-likeness (QED) is 0.0912. The molecule has 16 bridgehead atoms. The molecule has 4 aliphatic heterocycles. The predicted octanol–water partition coefficient (Wildman–Crippen LogP) is 29.0. The Labute approximate surface area is 680 Å².